The minimum absolute atomic E-state index is 0.0314. The highest BCUT2D eigenvalue weighted by Gasteiger charge is 2.34. The first kappa shape index (κ1) is 14.3. The Kier molecular flexibility index (Phi) is 3.35. The van der Waals surface area contributed by atoms with Gasteiger partial charge in [-0.3, -0.25) is 4.98 Å². The van der Waals surface area contributed by atoms with Crippen LogP contribution in [-0.4, -0.2) is 45.8 Å². The van der Waals surface area contributed by atoms with Crippen LogP contribution in [0, 0.1) is 0 Å². The molecule has 0 N–H and O–H groups in total. The topological polar surface area (TPSA) is 81.0 Å². The number of rotatable bonds is 3. The molecule has 1 saturated heterocycles. The maximum Gasteiger partial charge on any atom is 0.243 e. The number of hydrogen-bond acceptors (Lipinski definition) is 5. The van der Waals surface area contributed by atoms with E-state index in [0.29, 0.717) is 23.4 Å². The molecule has 0 spiro atoms. The highest BCUT2D eigenvalue weighted by Crippen LogP contribution is 2.30. The van der Waals surface area contributed by atoms with E-state index in [1.54, 1.807) is 47.7 Å². The van der Waals surface area contributed by atoms with Crippen molar-refractivity contribution in [2.75, 3.05) is 13.1 Å². The molecule has 7 nitrogen and oxygen atoms in total. The number of nitrogens with zero attached hydrogens (tertiary/aromatic N) is 5. The van der Waals surface area contributed by atoms with Crippen LogP contribution in [0.1, 0.15) is 12.5 Å². The Balaban J connectivity index is 1.70. The first-order valence-corrected chi connectivity index (χ1v) is 8.79. The number of sulfonamides is 1. The smallest absolute Gasteiger partial charge is 0.243 e. The van der Waals surface area contributed by atoms with Crippen LogP contribution >= 0.6 is 0 Å². The number of fused-ring (bicyclic) bond motifs is 1. The summed E-state index contributed by atoms with van der Waals surface area (Å²) in [5, 5.41) is 9.29. The fourth-order valence-electron chi connectivity index (χ4n) is 3.01. The minimum atomic E-state index is -3.55. The van der Waals surface area contributed by atoms with Crippen molar-refractivity contribution < 1.29 is 8.42 Å². The van der Waals surface area contributed by atoms with Crippen LogP contribution in [0.3, 0.4) is 0 Å². The molecule has 23 heavy (non-hydrogen) atoms. The summed E-state index contributed by atoms with van der Waals surface area (Å²) in [4.78, 5) is 4.38. The average molecular weight is 329 g/mol. The molecule has 1 aliphatic rings. The quantitative estimate of drug-likeness (QED) is 0.727. The van der Waals surface area contributed by atoms with Crippen molar-refractivity contribution in [1.82, 2.24) is 24.3 Å². The summed E-state index contributed by atoms with van der Waals surface area (Å²) in [5.41, 5.74) is 0. The van der Waals surface area contributed by atoms with Crippen molar-refractivity contribution in [1.29, 1.82) is 0 Å². The van der Waals surface area contributed by atoms with E-state index in [1.807, 2.05) is 6.07 Å². The molecule has 4 rings (SSSR count). The van der Waals surface area contributed by atoms with E-state index in [4.69, 9.17) is 0 Å². The minimum Gasteiger partial charge on any atom is -0.264 e. The van der Waals surface area contributed by atoms with Gasteiger partial charge in [0, 0.05) is 42.5 Å². The largest absolute Gasteiger partial charge is 0.264 e. The maximum atomic E-state index is 13.0. The second-order valence-electron chi connectivity index (χ2n) is 5.54. The van der Waals surface area contributed by atoms with Crippen LogP contribution in [0.5, 0.6) is 0 Å². The van der Waals surface area contributed by atoms with Gasteiger partial charge in [-0.25, -0.2) is 13.1 Å². The second kappa shape index (κ2) is 5.39. The Hall–Kier alpha value is -2.32. The lowest BCUT2D eigenvalue weighted by molar-refractivity contribution is 0.428. The van der Waals surface area contributed by atoms with E-state index in [1.165, 1.54) is 4.31 Å². The van der Waals surface area contributed by atoms with Crippen LogP contribution in [0.2, 0.25) is 0 Å². The summed E-state index contributed by atoms with van der Waals surface area (Å²) in [7, 11) is -3.55. The molecule has 8 heteroatoms. The molecular weight excluding hydrogens is 314 g/mol. The van der Waals surface area contributed by atoms with Gasteiger partial charge < -0.3 is 0 Å². The summed E-state index contributed by atoms with van der Waals surface area (Å²) >= 11 is 0. The summed E-state index contributed by atoms with van der Waals surface area (Å²) in [5.74, 6) is 0. The SMILES string of the molecule is O=S(=O)(c1cccc2cnccc12)N1CCC(n2ccnn2)C1. The van der Waals surface area contributed by atoms with Crippen molar-refractivity contribution in [2.24, 2.45) is 0 Å². The van der Waals surface area contributed by atoms with E-state index in [2.05, 4.69) is 15.3 Å². The zero-order chi connectivity index (χ0) is 15.9. The van der Waals surface area contributed by atoms with Gasteiger partial charge in [0.1, 0.15) is 0 Å². The second-order valence-corrected chi connectivity index (χ2v) is 7.45. The number of benzene rings is 1. The summed E-state index contributed by atoms with van der Waals surface area (Å²) in [6.45, 7) is 0.890. The van der Waals surface area contributed by atoms with Gasteiger partial charge in [-0.1, -0.05) is 17.3 Å². The third-order valence-corrected chi connectivity index (χ3v) is 6.12. The lowest BCUT2D eigenvalue weighted by Crippen LogP contribution is -2.29. The summed E-state index contributed by atoms with van der Waals surface area (Å²) in [6, 6.07) is 7.04. The van der Waals surface area contributed by atoms with Gasteiger partial charge in [0.2, 0.25) is 10.0 Å². The molecule has 1 aromatic carbocycles. The van der Waals surface area contributed by atoms with Crippen molar-refractivity contribution in [3.05, 3.63) is 49.1 Å². The molecule has 3 aromatic rings. The molecule has 0 bridgehead atoms. The van der Waals surface area contributed by atoms with Crippen molar-refractivity contribution in [3.63, 3.8) is 0 Å². The summed E-state index contributed by atoms with van der Waals surface area (Å²) < 4.78 is 29.3. The molecule has 0 amide bonds. The highest BCUT2D eigenvalue weighted by atomic mass is 32.2. The van der Waals surface area contributed by atoms with Gasteiger partial charge in [0.05, 0.1) is 17.1 Å². The molecular formula is C15H15N5O2S. The van der Waals surface area contributed by atoms with Gasteiger partial charge >= 0.3 is 0 Å². The van der Waals surface area contributed by atoms with E-state index >= 15 is 0 Å². The van der Waals surface area contributed by atoms with Crippen molar-refractivity contribution in [2.45, 2.75) is 17.4 Å². The van der Waals surface area contributed by atoms with Gasteiger partial charge in [0.15, 0.2) is 0 Å². The zero-order valence-electron chi connectivity index (χ0n) is 12.3. The van der Waals surface area contributed by atoms with Crippen LogP contribution in [0.15, 0.2) is 53.9 Å². The fourth-order valence-corrected chi connectivity index (χ4v) is 4.72. The monoisotopic (exact) mass is 329 g/mol. The van der Waals surface area contributed by atoms with Crippen molar-refractivity contribution in [3.8, 4) is 0 Å². The molecule has 3 heterocycles. The van der Waals surface area contributed by atoms with Crippen LogP contribution < -0.4 is 0 Å². The molecule has 1 unspecified atom stereocenters. The highest BCUT2D eigenvalue weighted by molar-refractivity contribution is 7.89. The van der Waals surface area contributed by atoms with Crippen LogP contribution in [0.25, 0.3) is 10.8 Å². The Labute approximate surface area is 133 Å². The Morgan fingerprint density at radius 1 is 1.17 bits per heavy atom. The first-order valence-electron chi connectivity index (χ1n) is 7.35. The van der Waals surface area contributed by atoms with Gasteiger partial charge in [-0.2, -0.15) is 4.31 Å². The standard InChI is InChI=1S/C15H15N5O2S/c21-23(22,15-3-1-2-12-10-16-6-4-14(12)15)19-8-5-13(11-19)20-9-7-17-18-20/h1-4,6-7,9-10,13H,5,8,11H2. The van der Waals surface area contributed by atoms with Crippen molar-refractivity contribution >= 4 is 20.8 Å². The first-order chi connectivity index (χ1) is 11.2. The Morgan fingerprint density at radius 3 is 2.91 bits per heavy atom. The average Bonchev–Trinajstić information content (AvgIpc) is 3.25. The molecule has 1 aliphatic heterocycles. The molecule has 1 fully saturated rings. The molecule has 0 radical (unpaired) electrons. The molecule has 118 valence electrons. The van der Waals surface area contributed by atoms with Crippen LogP contribution in [0.4, 0.5) is 0 Å². The normalized spacial score (nSPS) is 19.4. The van der Waals surface area contributed by atoms with Gasteiger partial charge in [0.25, 0.3) is 0 Å². The van der Waals surface area contributed by atoms with Gasteiger partial charge in [-0.15, -0.1) is 5.10 Å². The molecule has 1 atom stereocenters. The van der Waals surface area contributed by atoms with E-state index in [-0.39, 0.29) is 6.04 Å². The Bertz CT molecular complexity index is 934. The van der Waals surface area contributed by atoms with E-state index in [9.17, 15) is 8.42 Å². The molecule has 0 aliphatic carbocycles. The third-order valence-electron chi connectivity index (χ3n) is 4.20. The lowest BCUT2D eigenvalue weighted by atomic mass is 10.2. The maximum absolute atomic E-state index is 13.0. The lowest BCUT2D eigenvalue weighted by Gasteiger charge is -2.17. The predicted octanol–water partition coefficient (Wildman–Crippen LogP) is 1.46. The number of pyridine rings is 1. The molecule has 2 aromatic heterocycles. The predicted molar refractivity (Wildman–Crippen MR) is 84.2 cm³/mol. The zero-order valence-corrected chi connectivity index (χ0v) is 13.1. The Morgan fingerprint density at radius 2 is 2.09 bits per heavy atom. The van der Waals surface area contributed by atoms with Crippen LogP contribution in [-0.2, 0) is 10.0 Å². The summed E-state index contributed by atoms with van der Waals surface area (Å²) in [6.07, 6.45) is 7.40. The fraction of sp³-hybridized carbons (Fsp3) is 0.267. The molecule has 0 saturated carbocycles. The third kappa shape index (κ3) is 2.40. The number of hydrogen-bond donors (Lipinski definition) is 0. The van der Waals surface area contributed by atoms with E-state index < -0.39 is 10.0 Å². The number of aromatic nitrogens is 4. The van der Waals surface area contributed by atoms with Gasteiger partial charge in [-0.05, 0) is 18.6 Å². The van der Waals surface area contributed by atoms with E-state index in [0.717, 1.165) is 11.8 Å².